The fourth-order valence-corrected chi connectivity index (χ4v) is 10.8. The first-order valence-electron chi connectivity index (χ1n) is 21.6. The van der Waals surface area contributed by atoms with Gasteiger partial charge in [-0.3, -0.25) is 4.90 Å². The summed E-state index contributed by atoms with van der Waals surface area (Å²) < 4.78 is 68.4. The summed E-state index contributed by atoms with van der Waals surface area (Å²) in [6, 6.07) is 12.9. The summed E-state index contributed by atoms with van der Waals surface area (Å²) in [7, 11) is 2.09. The summed E-state index contributed by atoms with van der Waals surface area (Å²) in [6.45, 7) is 8.00. The van der Waals surface area contributed by atoms with Gasteiger partial charge in [-0.15, -0.1) is 11.3 Å². The van der Waals surface area contributed by atoms with Gasteiger partial charge in [0.1, 0.15) is 47.8 Å². The highest BCUT2D eigenvalue weighted by atomic mass is 35.5. The molecule has 4 bridgehead atoms. The van der Waals surface area contributed by atoms with E-state index in [2.05, 4.69) is 36.8 Å². The monoisotopic (exact) mass is 961 g/mol. The second kappa shape index (κ2) is 17.6. The molecule has 7 heterocycles. The third kappa shape index (κ3) is 8.44. The van der Waals surface area contributed by atoms with Gasteiger partial charge in [-0.1, -0.05) is 35.3 Å². The van der Waals surface area contributed by atoms with Crippen LogP contribution in [0.3, 0.4) is 0 Å². The fraction of sp³-hybridized carbons (Fsp3) is 0.383. The molecule has 4 atom stereocenters. The number of thiophene rings is 1. The zero-order valence-corrected chi connectivity index (χ0v) is 38.4. The van der Waals surface area contributed by atoms with Gasteiger partial charge in [0.2, 0.25) is 17.9 Å². The fourth-order valence-electron chi connectivity index (χ4n) is 9.15. The number of alkyl halides is 2. The molecule has 2 unspecified atom stereocenters. The molecule has 5 aliphatic rings. The summed E-state index contributed by atoms with van der Waals surface area (Å²) in [6.07, 6.45) is 0.610. The Labute approximate surface area is 392 Å². The van der Waals surface area contributed by atoms with Crippen LogP contribution < -0.4 is 23.8 Å². The Morgan fingerprint density at radius 3 is 2.39 bits per heavy atom. The predicted molar refractivity (Wildman–Crippen MR) is 244 cm³/mol. The van der Waals surface area contributed by atoms with Gasteiger partial charge in [-0.25, -0.2) is 37.9 Å². The highest BCUT2D eigenvalue weighted by Gasteiger charge is 2.72. The second-order valence-corrected chi connectivity index (χ2v) is 19.0. The van der Waals surface area contributed by atoms with E-state index in [0.29, 0.717) is 83.9 Å². The molecular formula is C47H44Cl2F3N7O6S. The van der Waals surface area contributed by atoms with Crippen LogP contribution in [0, 0.1) is 31.5 Å². The van der Waals surface area contributed by atoms with Gasteiger partial charge in [-0.05, 0) is 79.5 Å². The third-order valence-corrected chi connectivity index (χ3v) is 15.0. The van der Waals surface area contributed by atoms with E-state index in [0.717, 1.165) is 26.2 Å². The maximum atomic E-state index is 14.4. The van der Waals surface area contributed by atoms with Gasteiger partial charge in [-0.2, -0.15) is 0 Å². The third-order valence-electron chi connectivity index (χ3n) is 12.9. The summed E-state index contributed by atoms with van der Waals surface area (Å²) in [5.41, 5.74) is 4.11. The molecule has 0 amide bonds. The Kier molecular flexibility index (Phi) is 11.9. The molecule has 2 saturated heterocycles. The average molecular weight is 963 g/mol. The van der Waals surface area contributed by atoms with Crippen molar-refractivity contribution >= 4 is 56.7 Å². The molecule has 1 aliphatic carbocycles. The highest BCUT2D eigenvalue weighted by molar-refractivity contribution is 7.22. The minimum absolute atomic E-state index is 0.00404. The van der Waals surface area contributed by atoms with E-state index in [1.54, 1.807) is 47.5 Å². The molecule has 19 heteroatoms. The Bertz CT molecular complexity index is 2810. The Morgan fingerprint density at radius 2 is 1.68 bits per heavy atom. The van der Waals surface area contributed by atoms with E-state index in [1.807, 2.05) is 13.8 Å². The van der Waals surface area contributed by atoms with Gasteiger partial charge in [0.15, 0.2) is 5.75 Å². The highest BCUT2D eigenvalue weighted by Crippen LogP contribution is 2.59. The van der Waals surface area contributed by atoms with Crippen molar-refractivity contribution in [2.75, 3.05) is 64.4 Å². The van der Waals surface area contributed by atoms with Crippen LogP contribution in [0.5, 0.6) is 23.1 Å². The van der Waals surface area contributed by atoms with Crippen molar-refractivity contribution in [3.8, 4) is 44.7 Å². The number of benzene rings is 3. The van der Waals surface area contributed by atoms with Crippen LogP contribution in [0.1, 0.15) is 22.4 Å². The molecule has 3 aromatic heterocycles. The summed E-state index contributed by atoms with van der Waals surface area (Å²) in [5, 5.41) is 11.8. The van der Waals surface area contributed by atoms with Gasteiger partial charge < -0.3 is 33.9 Å². The number of aliphatic carboxylic acids is 1. The lowest BCUT2D eigenvalue weighted by Gasteiger charge is -2.35. The first-order chi connectivity index (χ1) is 31.7. The number of hydrogen-bond acceptors (Lipinski definition) is 13. The van der Waals surface area contributed by atoms with Crippen LogP contribution >= 0.6 is 34.5 Å². The number of piperidine rings is 1. The number of aromatic nitrogens is 4. The molecule has 66 heavy (non-hydrogen) atoms. The number of carboxylic acids is 1. The van der Waals surface area contributed by atoms with Gasteiger partial charge in [0, 0.05) is 74.4 Å². The first kappa shape index (κ1) is 44.4. The molecule has 344 valence electrons. The number of fused-ring (bicyclic) bond motifs is 8. The van der Waals surface area contributed by atoms with Crippen molar-refractivity contribution in [1.82, 2.24) is 29.7 Å². The molecule has 13 nitrogen and oxygen atoms in total. The molecule has 0 radical (unpaired) electrons. The first-order valence-corrected chi connectivity index (χ1v) is 23.1. The van der Waals surface area contributed by atoms with E-state index in [9.17, 15) is 23.1 Å². The maximum absolute atomic E-state index is 14.4. The van der Waals surface area contributed by atoms with E-state index >= 15 is 0 Å². The molecule has 0 spiro atoms. The lowest BCUT2D eigenvalue weighted by molar-refractivity contribution is -0.145. The van der Waals surface area contributed by atoms with Crippen LogP contribution in [0.25, 0.3) is 31.8 Å². The van der Waals surface area contributed by atoms with E-state index in [4.69, 9.17) is 42.1 Å². The number of halogens is 5. The zero-order valence-electron chi connectivity index (χ0n) is 36.1. The molecule has 1 N–H and O–H groups in total. The molecule has 3 aromatic carbocycles. The minimum Gasteiger partial charge on any atom is -0.490 e. The van der Waals surface area contributed by atoms with Crippen molar-refractivity contribution in [2.45, 2.75) is 45.0 Å². The van der Waals surface area contributed by atoms with Crippen LogP contribution in [-0.4, -0.2) is 118 Å². The number of anilines is 1. The van der Waals surface area contributed by atoms with E-state index in [1.165, 1.54) is 29.8 Å². The van der Waals surface area contributed by atoms with E-state index < -0.39 is 41.8 Å². The Balaban J connectivity index is 1.06. The number of nitrogens with zero attached hydrogens (tertiary/aromatic N) is 7. The predicted octanol–water partition coefficient (Wildman–Crippen LogP) is 8.62. The van der Waals surface area contributed by atoms with Crippen LogP contribution in [0.4, 0.5) is 19.1 Å². The number of rotatable bonds is 8. The van der Waals surface area contributed by atoms with E-state index in [-0.39, 0.29) is 48.6 Å². The van der Waals surface area contributed by atoms with Crippen LogP contribution in [0.2, 0.25) is 10.0 Å². The van der Waals surface area contributed by atoms with Gasteiger partial charge in [0.05, 0.1) is 33.0 Å². The average Bonchev–Trinajstić information content (AvgIpc) is 3.66. The molecule has 6 aromatic rings. The largest absolute Gasteiger partial charge is 0.490 e. The number of ether oxygens (including phenoxy) is 4. The van der Waals surface area contributed by atoms with Crippen molar-refractivity contribution in [3.63, 3.8) is 0 Å². The maximum Gasteiger partial charge on any atom is 0.345 e. The van der Waals surface area contributed by atoms with Crippen LogP contribution in [-0.2, 0) is 17.8 Å². The van der Waals surface area contributed by atoms with Crippen molar-refractivity contribution in [3.05, 3.63) is 99.3 Å². The summed E-state index contributed by atoms with van der Waals surface area (Å²) >= 11 is 15.9. The molecule has 4 aliphatic heterocycles. The molecular weight excluding hydrogens is 919 g/mol. The normalized spacial score (nSPS) is 21.7. The Morgan fingerprint density at radius 1 is 0.955 bits per heavy atom. The van der Waals surface area contributed by atoms with Gasteiger partial charge >= 0.3 is 5.97 Å². The summed E-state index contributed by atoms with van der Waals surface area (Å²) in [5.74, 6) is -4.32. The molecule has 3 fully saturated rings. The van der Waals surface area contributed by atoms with Crippen molar-refractivity contribution in [2.24, 2.45) is 11.8 Å². The number of carboxylic acid groups (broad SMARTS) is 1. The van der Waals surface area contributed by atoms with Crippen molar-refractivity contribution < 1.29 is 42.0 Å². The number of hydrogen-bond donors (Lipinski definition) is 1. The summed E-state index contributed by atoms with van der Waals surface area (Å²) in [4.78, 5) is 38.9. The molecule has 11 rings (SSSR count). The number of likely N-dealkylation sites (N-methyl/N-ethyl adjacent to an activating group) is 1. The smallest absolute Gasteiger partial charge is 0.345 e. The van der Waals surface area contributed by atoms with Crippen LogP contribution in [0.15, 0.2) is 61.1 Å². The zero-order chi connectivity index (χ0) is 46.0. The minimum atomic E-state index is -2.64. The molecule has 1 saturated carbocycles. The SMILES string of the molecule is Cc1c(Cl)c2c(Cl)c(C)c1-c1c(-c3ccc(F)cc3)sc3ncnc(c13)O[C@@H](C(=O)O)Cc1cc(ccc1OCc1ccnc(N3CC4C(C3)C4(F)F)n1)OC[C@@H](CN1CCN(C)CC1)O2. The van der Waals surface area contributed by atoms with Crippen molar-refractivity contribution in [1.29, 1.82) is 0 Å². The number of carbonyl (C=O) groups is 1. The Hall–Kier alpha value is -5.46. The quantitative estimate of drug-likeness (QED) is 0.156. The second-order valence-electron chi connectivity index (χ2n) is 17.3. The topological polar surface area (TPSA) is 136 Å². The lowest BCUT2D eigenvalue weighted by Crippen LogP contribution is -2.49. The number of piperazine rings is 1. The lowest BCUT2D eigenvalue weighted by atomic mass is 9.92. The van der Waals surface area contributed by atoms with Gasteiger partial charge in [0.25, 0.3) is 5.92 Å². The standard InChI is InChI=1S/C47H44Cl2F3N7O6S/c1-24-36-25(2)40(49)41(39(24)48)64-31(18-58-14-12-57(3)13-15-58)22-62-30-8-9-34(63-21-29-10-11-53-46(56-29)59-19-32-33(20-59)47(32,51)52)27(16-30)17-35(45(60)61)65-43-38-37(36)42(66-44(38)55-23-54-43)26-4-6-28(50)7-5-26/h4-11,16,23,31-33,35H,12-15,17-22H2,1-3H3,(H,60,61)/t31-,32?,33?,35-/m1/s1.